The predicted molar refractivity (Wildman–Crippen MR) is 113 cm³/mol. The average molecular weight is 387 g/mol. The summed E-state index contributed by atoms with van der Waals surface area (Å²) in [6, 6.07) is 12.5. The van der Waals surface area contributed by atoms with Crippen molar-refractivity contribution in [3.8, 4) is 6.07 Å². The van der Waals surface area contributed by atoms with E-state index in [0.29, 0.717) is 11.6 Å². The van der Waals surface area contributed by atoms with Crippen LogP contribution in [0, 0.1) is 11.3 Å². The van der Waals surface area contributed by atoms with Crippen LogP contribution < -0.4 is 9.80 Å². The van der Waals surface area contributed by atoms with Gasteiger partial charge in [0.25, 0.3) is 0 Å². The number of hydrogen-bond donors (Lipinski definition) is 0. The van der Waals surface area contributed by atoms with E-state index in [9.17, 15) is 5.26 Å². The van der Waals surface area contributed by atoms with E-state index in [4.69, 9.17) is 4.98 Å². The maximum atomic E-state index is 9.34. The van der Waals surface area contributed by atoms with Crippen molar-refractivity contribution < 1.29 is 0 Å². The highest BCUT2D eigenvalue weighted by molar-refractivity contribution is 5.74. The van der Waals surface area contributed by atoms with Crippen molar-refractivity contribution in [2.75, 3.05) is 49.6 Å². The van der Waals surface area contributed by atoms with Gasteiger partial charge in [0.1, 0.15) is 17.6 Å². The minimum absolute atomic E-state index is 0.338. The molecule has 0 aromatic carbocycles. The van der Waals surface area contributed by atoms with Gasteiger partial charge in [-0.15, -0.1) is 0 Å². The Morgan fingerprint density at radius 3 is 2.66 bits per heavy atom. The monoisotopic (exact) mass is 387 g/mol. The van der Waals surface area contributed by atoms with Crippen LogP contribution in [0.1, 0.15) is 29.8 Å². The lowest BCUT2D eigenvalue weighted by Gasteiger charge is -2.37. The highest BCUT2D eigenvalue weighted by Gasteiger charge is 2.27. The lowest BCUT2D eigenvalue weighted by molar-refractivity contribution is 0.312. The summed E-state index contributed by atoms with van der Waals surface area (Å²) in [5, 5.41) is 13.7. The molecule has 3 aromatic heterocycles. The van der Waals surface area contributed by atoms with E-state index in [2.05, 4.69) is 52.0 Å². The third-order valence-corrected chi connectivity index (χ3v) is 6.13. The Kier molecular flexibility index (Phi) is 4.36. The molecule has 3 aromatic rings. The summed E-state index contributed by atoms with van der Waals surface area (Å²) in [5.41, 5.74) is 5.14. The number of anilines is 2. The molecule has 0 N–H and O–H groups in total. The number of piperazine rings is 1. The number of likely N-dealkylation sites (N-methyl/N-ethyl adjacent to an activating group) is 1. The molecule has 148 valence electrons. The van der Waals surface area contributed by atoms with Gasteiger partial charge in [0, 0.05) is 45.2 Å². The smallest absolute Gasteiger partial charge is 0.142 e. The van der Waals surface area contributed by atoms with Crippen molar-refractivity contribution in [2.45, 2.75) is 19.4 Å². The second kappa shape index (κ2) is 7.05. The topological polar surface area (TPSA) is 63.7 Å². The fourth-order valence-corrected chi connectivity index (χ4v) is 4.49. The second-order valence-corrected chi connectivity index (χ2v) is 8.13. The molecule has 0 radical (unpaired) electrons. The van der Waals surface area contributed by atoms with Crippen molar-refractivity contribution in [1.29, 1.82) is 5.26 Å². The van der Waals surface area contributed by atoms with Gasteiger partial charge in [0.15, 0.2) is 0 Å². The Morgan fingerprint density at radius 1 is 1.03 bits per heavy atom. The van der Waals surface area contributed by atoms with Crippen molar-refractivity contribution >= 4 is 17.0 Å². The van der Waals surface area contributed by atoms with E-state index in [-0.39, 0.29) is 0 Å². The number of pyridine rings is 2. The fourth-order valence-electron chi connectivity index (χ4n) is 4.49. The van der Waals surface area contributed by atoms with Crippen LogP contribution in [0.15, 0.2) is 36.5 Å². The average Bonchev–Trinajstić information content (AvgIpc) is 3.23. The van der Waals surface area contributed by atoms with E-state index in [1.807, 2.05) is 18.2 Å². The second-order valence-electron chi connectivity index (χ2n) is 8.13. The lowest BCUT2D eigenvalue weighted by atomic mass is 9.95. The minimum atomic E-state index is 0.338. The molecular weight excluding hydrogens is 362 g/mol. The van der Waals surface area contributed by atoms with Crippen LogP contribution in [0.5, 0.6) is 0 Å². The van der Waals surface area contributed by atoms with Gasteiger partial charge in [-0.25, -0.2) is 9.50 Å². The third-order valence-electron chi connectivity index (χ3n) is 6.13. The molecule has 29 heavy (non-hydrogen) atoms. The Labute approximate surface area is 170 Å². The molecule has 0 aliphatic carbocycles. The number of aromatic nitrogens is 3. The molecule has 1 atom stereocenters. The maximum absolute atomic E-state index is 9.34. The summed E-state index contributed by atoms with van der Waals surface area (Å²) in [6.45, 7) is 8.22. The molecule has 7 heteroatoms. The molecule has 2 aliphatic rings. The summed E-state index contributed by atoms with van der Waals surface area (Å²) < 4.78 is 1.73. The van der Waals surface area contributed by atoms with Gasteiger partial charge in [-0.1, -0.05) is 13.0 Å². The summed E-state index contributed by atoms with van der Waals surface area (Å²) in [7, 11) is 2.18. The normalized spacial score (nSPS) is 20.0. The molecule has 7 nitrogen and oxygen atoms in total. The summed E-state index contributed by atoms with van der Waals surface area (Å²) >= 11 is 0. The van der Waals surface area contributed by atoms with Crippen LogP contribution in [0.2, 0.25) is 0 Å². The van der Waals surface area contributed by atoms with E-state index in [0.717, 1.165) is 56.3 Å². The van der Waals surface area contributed by atoms with Crippen molar-refractivity contribution in [2.24, 2.45) is 0 Å². The number of hydrogen-bond acceptors (Lipinski definition) is 6. The Morgan fingerprint density at radius 2 is 1.86 bits per heavy atom. The Hall–Kier alpha value is -3.11. The van der Waals surface area contributed by atoms with Crippen LogP contribution in [-0.2, 0) is 6.54 Å². The molecule has 5 rings (SSSR count). The van der Waals surface area contributed by atoms with Crippen LogP contribution in [0.25, 0.3) is 5.52 Å². The first-order valence-electron chi connectivity index (χ1n) is 10.2. The predicted octanol–water partition coefficient (Wildman–Crippen LogP) is 2.48. The van der Waals surface area contributed by atoms with Gasteiger partial charge < -0.3 is 14.7 Å². The fraction of sp³-hybridized carbons (Fsp3) is 0.409. The third kappa shape index (κ3) is 3.10. The van der Waals surface area contributed by atoms with Crippen LogP contribution in [-0.4, -0.2) is 59.3 Å². The number of rotatable bonds is 2. The zero-order valence-corrected chi connectivity index (χ0v) is 16.9. The molecule has 0 amide bonds. The quantitative estimate of drug-likeness (QED) is 0.673. The molecule has 0 spiro atoms. The maximum Gasteiger partial charge on any atom is 0.142 e. The SMILES string of the molecule is CC1CN(c2ccc(C#N)n3nccc23)Cc2ccc(N3CCN(C)CC3)nc21. The van der Waals surface area contributed by atoms with Gasteiger partial charge in [0.2, 0.25) is 0 Å². The van der Waals surface area contributed by atoms with Gasteiger partial charge in [-0.3, -0.25) is 0 Å². The first-order valence-corrected chi connectivity index (χ1v) is 10.2. The van der Waals surface area contributed by atoms with Crippen LogP contribution in [0.4, 0.5) is 11.5 Å². The first-order chi connectivity index (χ1) is 14.1. The number of nitrogens with zero attached hydrogens (tertiary/aromatic N) is 7. The number of fused-ring (bicyclic) bond motifs is 2. The number of nitriles is 1. The van der Waals surface area contributed by atoms with E-state index >= 15 is 0 Å². The molecule has 1 saturated heterocycles. The highest BCUT2D eigenvalue weighted by atomic mass is 15.3. The summed E-state index contributed by atoms with van der Waals surface area (Å²) in [4.78, 5) is 12.2. The van der Waals surface area contributed by atoms with Crippen molar-refractivity contribution in [3.05, 3.63) is 53.5 Å². The highest BCUT2D eigenvalue weighted by Crippen LogP contribution is 2.34. The lowest BCUT2D eigenvalue weighted by Crippen LogP contribution is -2.45. The standard InChI is InChI=1S/C22H25N7/c1-16-14-28(19-5-4-18(13-23)29-20(19)7-8-24-29)15-17-3-6-21(25-22(16)17)27-11-9-26(2)10-12-27/h3-8,16H,9-12,14-15H2,1-2H3. The van der Waals surface area contributed by atoms with Gasteiger partial charge in [-0.05, 0) is 36.9 Å². The Bertz CT molecular complexity index is 1090. The summed E-state index contributed by atoms with van der Waals surface area (Å²) in [6.07, 6.45) is 1.75. The molecule has 1 unspecified atom stereocenters. The largest absolute Gasteiger partial charge is 0.365 e. The summed E-state index contributed by atoms with van der Waals surface area (Å²) in [5.74, 6) is 1.44. The van der Waals surface area contributed by atoms with Crippen molar-refractivity contribution in [3.63, 3.8) is 0 Å². The molecule has 0 saturated carbocycles. The molecule has 2 aliphatic heterocycles. The molecular formula is C22H25N7. The van der Waals surface area contributed by atoms with E-state index < -0.39 is 0 Å². The van der Waals surface area contributed by atoms with Gasteiger partial charge in [-0.2, -0.15) is 10.4 Å². The van der Waals surface area contributed by atoms with Crippen LogP contribution >= 0.6 is 0 Å². The van der Waals surface area contributed by atoms with Gasteiger partial charge in [0.05, 0.1) is 23.1 Å². The zero-order chi connectivity index (χ0) is 20.0. The molecule has 1 fully saturated rings. The minimum Gasteiger partial charge on any atom is -0.365 e. The first kappa shape index (κ1) is 18.0. The van der Waals surface area contributed by atoms with Crippen LogP contribution in [0.3, 0.4) is 0 Å². The van der Waals surface area contributed by atoms with Crippen molar-refractivity contribution in [1.82, 2.24) is 19.5 Å². The molecule has 0 bridgehead atoms. The van der Waals surface area contributed by atoms with Gasteiger partial charge >= 0.3 is 0 Å². The zero-order valence-electron chi connectivity index (χ0n) is 16.9. The van der Waals surface area contributed by atoms with E-state index in [1.54, 1.807) is 10.7 Å². The Balaban J connectivity index is 1.45. The molecule has 5 heterocycles. The van der Waals surface area contributed by atoms with E-state index in [1.165, 1.54) is 11.3 Å².